The molecule has 8 nitrogen and oxygen atoms in total. The van der Waals surface area contributed by atoms with Crippen LogP contribution in [0.1, 0.15) is 34.7 Å². The van der Waals surface area contributed by atoms with Crippen LogP contribution in [-0.4, -0.2) is 24.7 Å². The van der Waals surface area contributed by atoms with Gasteiger partial charge in [-0.2, -0.15) is 0 Å². The highest BCUT2D eigenvalue weighted by Gasteiger charge is 2.26. The molecule has 9 heteroatoms. The van der Waals surface area contributed by atoms with Crippen LogP contribution in [0.2, 0.25) is 0 Å². The Morgan fingerprint density at radius 1 is 1.38 bits per heavy atom. The lowest BCUT2D eigenvalue weighted by molar-refractivity contribution is 0.0661. The summed E-state index contributed by atoms with van der Waals surface area (Å²) in [7, 11) is -3.99. The van der Waals surface area contributed by atoms with E-state index >= 15 is 0 Å². The second-order valence-corrected chi connectivity index (χ2v) is 6.01. The van der Waals surface area contributed by atoms with Crippen LogP contribution in [-0.2, 0) is 16.4 Å². The van der Waals surface area contributed by atoms with Crippen molar-refractivity contribution in [3.63, 3.8) is 0 Å². The highest BCUT2D eigenvalue weighted by molar-refractivity contribution is 7.92. The van der Waals surface area contributed by atoms with Crippen molar-refractivity contribution < 1.29 is 27.3 Å². The number of hydrogen-bond acceptors (Lipinski definition) is 6. The van der Waals surface area contributed by atoms with Gasteiger partial charge in [-0.1, -0.05) is 12.1 Å². The second-order valence-electron chi connectivity index (χ2n) is 4.36. The molecule has 21 heavy (non-hydrogen) atoms. The monoisotopic (exact) mass is 314 g/mol. The van der Waals surface area contributed by atoms with Gasteiger partial charge in [0.05, 0.1) is 0 Å². The van der Waals surface area contributed by atoms with Crippen LogP contribution in [0.25, 0.3) is 0 Å². The van der Waals surface area contributed by atoms with Gasteiger partial charge < -0.3 is 14.0 Å². The number of nitrogens with one attached hydrogen (secondary N) is 1. The Morgan fingerprint density at radius 3 is 2.57 bits per heavy atom. The number of nitrogens with zero attached hydrogens (tertiary/aromatic N) is 1. The number of sulfonamides is 1. The lowest BCUT2D eigenvalue weighted by Crippen LogP contribution is -2.14. The van der Waals surface area contributed by atoms with E-state index in [1.54, 1.807) is 13.8 Å². The van der Waals surface area contributed by atoms with Gasteiger partial charge in [0.2, 0.25) is 5.76 Å². The molecule has 0 aromatic carbocycles. The lowest BCUT2D eigenvalue weighted by Gasteiger charge is -2.06. The minimum Gasteiger partial charge on any atom is -0.475 e. The van der Waals surface area contributed by atoms with Crippen molar-refractivity contribution in [2.45, 2.75) is 32.1 Å². The molecule has 2 heterocycles. The summed E-state index contributed by atoms with van der Waals surface area (Å²) in [6.07, 6.45) is 0.486. The maximum absolute atomic E-state index is 12.3. The Morgan fingerprint density at radius 2 is 2.05 bits per heavy atom. The fraction of sp³-hybridized carbons (Fsp3) is 0.333. The van der Waals surface area contributed by atoms with Gasteiger partial charge in [0.25, 0.3) is 10.0 Å². The first-order chi connectivity index (χ1) is 9.76. The maximum Gasteiger partial charge on any atom is 0.371 e. The van der Waals surface area contributed by atoms with Crippen molar-refractivity contribution in [3.8, 4) is 0 Å². The van der Waals surface area contributed by atoms with E-state index < -0.39 is 21.8 Å². The molecular formula is C12H14N2O6S. The zero-order valence-corrected chi connectivity index (χ0v) is 12.4. The number of furan rings is 1. The number of carbonyl (C=O) groups is 1. The molecule has 0 aliphatic heterocycles. The molecule has 0 spiro atoms. The van der Waals surface area contributed by atoms with Gasteiger partial charge >= 0.3 is 5.97 Å². The average Bonchev–Trinajstić information content (AvgIpc) is 2.94. The van der Waals surface area contributed by atoms with Crippen LogP contribution in [0, 0.1) is 13.8 Å². The molecule has 0 atom stereocenters. The zero-order valence-electron chi connectivity index (χ0n) is 11.6. The smallest absolute Gasteiger partial charge is 0.371 e. The summed E-state index contributed by atoms with van der Waals surface area (Å²) in [5, 5.41) is 12.6. The first-order valence-electron chi connectivity index (χ1n) is 6.08. The normalized spacial score (nSPS) is 11.6. The fourth-order valence-electron chi connectivity index (χ4n) is 1.82. The molecule has 2 aromatic heterocycles. The molecule has 0 fully saturated rings. The Hall–Kier alpha value is -2.29. The van der Waals surface area contributed by atoms with Crippen molar-refractivity contribution in [2.75, 3.05) is 4.72 Å². The third kappa shape index (κ3) is 2.77. The Kier molecular flexibility index (Phi) is 3.77. The number of aromatic nitrogens is 1. The molecule has 0 saturated heterocycles. The van der Waals surface area contributed by atoms with E-state index in [2.05, 4.69) is 9.88 Å². The molecular weight excluding hydrogens is 300 g/mol. The fourth-order valence-corrected chi connectivity index (χ4v) is 3.14. The van der Waals surface area contributed by atoms with E-state index in [0.29, 0.717) is 17.9 Å². The number of hydrogen-bond donors (Lipinski definition) is 2. The molecule has 2 aromatic rings. The first kappa shape index (κ1) is 15.1. The molecule has 2 N–H and O–H groups in total. The van der Waals surface area contributed by atoms with Crippen LogP contribution in [0.5, 0.6) is 0 Å². The van der Waals surface area contributed by atoms with Crippen LogP contribution >= 0.6 is 0 Å². The van der Waals surface area contributed by atoms with Crippen molar-refractivity contribution >= 4 is 21.7 Å². The summed E-state index contributed by atoms with van der Waals surface area (Å²) >= 11 is 0. The van der Waals surface area contributed by atoms with Crippen LogP contribution in [0.15, 0.2) is 19.9 Å². The summed E-state index contributed by atoms with van der Waals surface area (Å²) in [5.41, 5.74) is 0.727. The minimum absolute atomic E-state index is 0.00736. The predicted molar refractivity (Wildman–Crippen MR) is 71.8 cm³/mol. The van der Waals surface area contributed by atoms with Gasteiger partial charge in [-0.05, 0) is 20.3 Å². The molecule has 0 bridgehead atoms. The summed E-state index contributed by atoms with van der Waals surface area (Å²) in [4.78, 5) is 10.6. The first-order valence-corrected chi connectivity index (χ1v) is 7.56. The van der Waals surface area contributed by atoms with Crippen LogP contribution in [0.4, 0.5) is 5.69 Å². The molecule has 2 rings (SSSR count). The van der Waals surface area contributed by atoms with Gasteiger partial charge in [-0.25, -0.2) is 13.2 Å². The molecule has 0 aliphatic rings. The number of anilines is 1. The maximum atomic E-state index is 12.3. The van der Waals surface area contributed by atoms with Crippen LogP contribution < -0.4 is 4.72 Å². The number of aryl methyl sites for hydroxylation is 3. The van der Waals surface area contributed by atoms with E-state index in [0.717, 1.165) is 6.07 Å². The van der Waals surface area contributed by atoms with Gasteiger partial charge in [-0.3, -0.25) is 4.72 Å². The van der Waals surface area contributed by atoms with Crippen molar-refractivity contribution in [1.29, 1.82) is 0 Å². The molecule has 0 unspecified atom stereocenters. The van der Waals surface area contributed by atoms with Gasteiger partial charge in [0, 0.05) is 6.07 Å². The Bertz CT molecular complexity index is 787. The van der Waals surface area contributed by atoms with Gasteiger partial charge in [0.1, 0.15) is 22.0 Å². The zero-order chi connectivity index (χ0) is 15.8. The third-order valence-corrected chi connectivity index (χ3v) is 4.33. The lowest BCUT2D eigenvalue weighted by atomic mass is 10.3. The Balaban J connectivity index is 2.43. The standard InChI is InChI=1S/C12H14N2O6S/c1-4-8-11(7(3)20-13-8)14-21(17,18)10-5-9(12(15)16)19-6(10)2/h5,14H,4H2,1-3H3,(H,15,16). The highest BCUT2D eigenvalue weighted by atomic mass is 32.2. The Labute approximate surface area is 120 Å². The largest absolute Gasteiger partial charge is 0.475 e. The molecule has 0 saturated carbocycles. The quantitative estimate of drug-likeness (QED) is 0.864. The number of rotatable bonds is 5. The van der Waals surface area contributed by atoms with Crippen molar-refractivity contribution in [3.05, 3.63) is 29.0 Å². The topological polar surface area (TPSA) is 123 Å². The van der Waals surface area contributed by atoms with E-state index in [1.807, 2.05) is 0 Å². The molecule has 0 aliphatic carbocycles. The summed E-state index contributed by atoms with van der Waals surface area (Å²) in [5.74, 6) is -1.46. The van der Waals surface area contributed by atoms with Gasteiger partial charge in [-0.15, -0.1) is 0 Å². The van der Waals surface area contributed by atoms with Crippen LogP contribution in [0.3, 0.4) is 0 Å². The molecule has 0 amide bonds. The second kappa shape index (κ2) is 5.24. The summed E-state index contributed by atoms with van der Waals surface area (Å²) in [6, 6.07) is 0.967. The van der Waals surface area contributed by atoms with E-state index in [1.165, 1.54) is 6.92 Å². The third-order valence-electron chi connectivity index (χ3n) is 2.88. The summed E-state index contributed by atoms with van der Waals surface area (Å²) in [6.45, 7) is 4.76. The highest BCUT2D eigenvalue weighted by Crippen LogP contribution is 2.27. The molecule has 114 valence electrons. The molecule has 0 radical (unpaired) electrons. The number of carboxylic acid groups (broad SMARTS) is 1. The van der Waals surface area contributed by atoms with Crippen molar-refractivity contribution in [1.82, 2.24) is 5.16 Å². The minimum atomic E-state index is -3.99. The number of carboxylic acids is 1. The van der Waals surface area contributed by atoms with E-state index in [9.17, 15) is 13.2 Å². The SMILES string of the molecule is CCc1noc(C)c1NS(=O)(=O)c1cc(C(=O)O)oc1C. The van der Waals surface area contributed by atoms with E-state index in [-0.39, 0.29) is 16.3 Å². The summed E-state index contributed by atoms with van der Waals surface area (Å²) < 4.78 is 36.9. The van der Waals surface area contributed by atoms with Gasteiger partial charge in [0.15, 0.2) is 5.76 Å². The predicted octanol–water partition coefficient (Wildman–Crippen LogP) is 1.95. The number of aromatic carboxylic acids is 1. The van der Waals surface area contributed by atoms with Crippen molar-refractivity contribution in [2.24, 2.45) is 0 Å². The van der Waals surface area contributed by atoms with E-state index in [4.69, 9.17) is 14.0 Å². The average molecular weight is 314 g/mol.